The van der Waals surface area contributed by atoms with Crippen LogP contribution in [0.5, 0.6) is 23.0 Å². The molecule has 2 heterocycles. The maximum absolute atomic E-state index is 12.3. The summed E-state index contributed by atoms with van der Waals surface area (Å²) in [4.78, 5) is 12.3. The lowest BCUT2D eigenvalue weighted by molar-refractivity contribution is 0.0966. The van der Waals surface area contributed by atoms with Crippen LogP contribution in [0, 0.1) is 0 Å². The molecule has 1 N–H and O–H groups in total. The zero-order chi connectivity index (χ0) is 18.5. The lowest BCUT2D eigenvalue weighted by atomic mass is 9.90. The second-order valence-corrected chi connectivity index (χ2v) is 6.43. The Bertz CT molecular complexity index is 1110. The van der Waals surface area contributed by atoms with Crippen LogP contribution in [0.1, 0.15) is 15.9 Å². The maximum Gasteiger partial charge on any atom is 0.251 e. The summed E-state index contributed by atoms with van der Waals surface area (Å²) in [6, 6.07) is 11.5. The van der Waals surface area contributed by atoms with Crippen LogP contribution in [0.3, 0.4) is 0 Å². The summed E-state index contributed by atoms with van der Waals surface area (Å²) in [5, 5.41) is 4.74. The number of nitrogens with one attached hydrogen (secondary N) is 1. The maximum atomic E-state index is 12.3. The lowest BCUT2D eigenvalue weighted by Gasteiger charge is -2.17. The third-order valence-corrected chi connectivity index (χ3v) is 5.09. The summed E-state index contributed by atoms with van der Waals surface area (Å²) in [6.07, 6.45) is 0. The van der Waals surface area contributed by atoms with Gasteiger partial charge in [-0.05, 0) is 46.3 Å². The standard InChI is InChI=1S/C21H17NO5/c1-24-16-6-4-11-7-13-14(9-22-21(13)23)18(19(11)20(16)25-2)12-3-5-15-17(8-12)27-10-26-15/h3-8H,9-10H2,1-2H3,(H,22,23). The predicted molar refractivity (Wildman–Crippen MR) is 99.8 cm³/mol. The van der Waals surface area contributed by atoms with Crippen molar-refractivity contribution in [1.29, 1.82) is 0 Å². The molecule has 0 bridgehead atoms. The highest BCUT2D eigenvalue weighted by atomic mass is 16.7. The Labute approximate surface area is 155 Å². The van der Waals surface area contributed by atoms with Crippen molar-refractivity contribution in [2.75, 3.05) is 21.0 Å². The highest BCUT2D eigenvalue weighted by molar-refractivity contribution is 6.11. The van der Waals surface area contributed by atoms with Gasteiger partial charge < -0.3 is 24.3 Å². The van der Waals surface area contributed by atoms with Crippen LogP contribution >= 0.6 is 0 Å². The largest absolute Gasteiger partial charge is 0.493 e. The normalized spacial score (nSPS) is 14.2. The zero-order valence-corrected chi connectivity index (χ0v) is 14.9. The number of fused-ring (bicyclic) bond motifs is 3. The number of amides is 1. The molecule has 0 unspecified atom stereocenters. The number of hydrogen-bond acceptors (Lipinski definition) is 5. The molecule has 0 saturated carbocycles. The number of ether oxygens (including phenoxy) is 4. The molecular weight excluding hydrogens is 346 g/mol. The number of methoxy groups -OCH3 is 2. The second kappa shape index (κ2) is 5.81. The van der Waals surface area contributed by atoms with E-state index in [1.807, 2.05) is 36.4 Å². The Balaban J connectivity index is 1.90. The first-order valence-corrected chi connectivity index (χ1v) is 8.60. The molecule has 0 saturated heterocycles. The molecule has 3 aromatic rings. The van der Waals surface area contributed by atoms with Crippen molar-refractivity contribution in [3.8, 4) is 34.1 Å². The third kappa shape index (κ3) is 2.23. The van der Waals surface area contributed by atoms with E-state index in [0.717, 1.165) is 33.2 Å². The Morgan fingerprint density at radius 3 is 2.67 bits per heavy atom. The van der Waals surface area contributed by atoms with E-state index in [9.17, 15) is 4.79 Å². The second-order valence-electron chi connectivity index (χ2n) is 6.43. The fourth-order valence-electron chi connectivity index (χ4n) is 3.87. The van der Waals surface area contributed by atoms with Gasteiger partial charge in [-0.3, -0.25) is 4.79 Å². The predicted octanol–water partition coefficient (Wildman–Crippen LogP) is 3.50. The summed E-state index contributed by atoms with van der Waals surface area (Å²) in [5.41, 5.74) is 3.50. The van der Waals surface area contributed by atoms with E-state index in [1.165, 1.54) is 0 Å². The molecule has 6 heteroatoms. The number of carbonyl (C=O) groups is 1. The smallest absolute Gasteiger partial charge is 0.251 e. The average molecular weight is 363 g/mol. The molecule has 0 aliphatic carbocycles. The van der Waals surface area contributed by atoms with Crippen LogP contribution in [-0.2, 0) is 6.54 Å². The van der Waals surface area contributed by atoms with Gasteiger partial charge in [-0.1, -0.05) is 12.1 Å². The van der Waals surface area contributed by atoms with Crippen LogP contribution in [0.4, 0.5) is 0 Å². The Morgan fingerprint density at radius 1 is 1.00 bits per heavy atom. The van der Waals surface area contributed by atoms with E-state index in [-0.39, 0.29) is 12.7 Å². The number of benzene rings is 3. The topological polar surface area (TPSA) is 66.0 Å². The van der Waals surface area contributed by atoms with Crippen molar-refractivity contribution in [3.63, 3.8) is 0 Å². The van der Waals surface area contributed by atoms with Gasteiger partial charge in [0.2, 0.25) is 6.79 Å². The molecule has 1 amide bonds. The monoisotopic (exact) mass is 363 g/mol. The number of hydrogen-bond donors (Lipinski definition) is 1. The minimum absolute atomic E-state index is 0.0660. The van der Waals surface area contributed by atoms with Gasteiger partial charge in [0.25, 0.3) is 5.91 Å². The first-order chi connectivity index (χ1) is 13.2. The van der Waals surface area contributed by atoms with E-state index in [4.69, 9.17) is 18.9 Å². The first-order valence-electron chi connectivity index (χ1n) is 8.60. The molecule has 6 nitrogen and oxygen atoms in total. The van der Waals surface area contributed by atoms with Crippen molar-refractivity contribution in [2.45, 2.75) is 6.54 Å². The Morgan fingerprint density at radius 2 is 1.85 bits per heavy atom. The van der Waals surface area contributed by atoms with Crippen LogP contribution in [0.15, 0.2) is 36.4 Å². The van der Waals surface area contributed by atoms with Gasteiger partial charge in [-0.15, -0.1) is 0 Å². The van der Waals surface area contributed by atoms with Crippen LogP contribution in [0.2, 0.25) is 0 Å². The van der Waals surface area contributed by atoms with Crippen LogP contribution in [-0.4, -0.2) is 26.9 Å². The van der Waals surface area contributed by atoms with Gasteiger partial charge in [0, 0.05) is 17.5 Å². The number of carbonyl (C=O) groups excluding carboxylic acids is 1. The summed E-state index contributed by atoms with van der Waals surface area (Å²) >= 11 is 0. The van der Waals surface area contributed by atoms with Gasteiger partial charge in [0.1, 0.15) is 0 Å². The van der Waals surface area contributed by atoms with Crippen LogP contribution in [0.25, 0.3) is 21.9 Å². The molecule has 2 aliphatic heterocycles. The van der Waals surface area contributed by atoms with Crippen molar-refractivity contribution in [2.24, 2.45) is 0 Å². The highest BCUT2D eigenvalue weighted by Gasteiger charge is 2.28. The fraction of sp³-hybridized carbons (Fsp3) is 0.190. The minimum atomic E-state index is -0.0660. The molecule has 3 aromatic carbocycles. The minimum Gasteiger partial charge on any atom is -0.493 e. The van der Waals surface area contributed by atoms with E-state index in [0.29, 0.717) is 29.4 Å². The van der Waals surface area contributed by atoms with E-state index in [2.05, 4.69) is 5.32 Å². The summed E-state index contributed by atoms with van der Waals surface area (Å²) in [5.74, 6) is 2.63. The average Bonchev–Trinajstić information content (AvgIpc) is 3.31. The van der Waals surface area contributed by atoms with Gasteiger partial charge in [-0.2, -0.15) is 0 Å². The Hall–Kier alpha value is -3.41. The quantitative estimate of drug-likeness (QED) is 0.772. The molecule has 0 radical (unpaired) electrons. The van der Waals surface area contributed by atoms with E-state index in [1.54, 1.807) is 14.2 Å². The molecule has 0 aromatic heterocycles. The Kier molecular flexibility index (Phi) is 3.40. The van der Waals surface area contributed by atoms with Gasteiger partial charge in [0.05, 0.1) is 14.2 Å². The summed E-state index contributed by atoms with van der Waals surface area (Å²) in [7, 11) is 3.24. The number of rotatable bonds is 3. The molecule has 0 fully saturated rings. The first kappa shape index (κ1) is 15.8. The van der Waals surface area contributed by atoms with Gasteiger partial charge in [0.15, 0.2) is 23.0 Å². The summed E-state index contributed by atoms with van der Waals surface area (Å²) < 4.78 is 22.2. The van der Waals surface area contributed by atoms with Crippen molar-refractivity contribution in [1.82, 2.24) is 5.32 Å². The lowest BCUT2D eigenvalue weighted by Crippen LogP contribution is -2.12. The van der Waals surface area contributed by atoms with Gasteiger partial charge in [-0.25, -0.2) is 0 Å². The molecule has 5 rings (SSSR count). The third-order valence-electron chi connectivity index (χ3n) is 5.09. The van der Waals surface area contributed by atoms with Crippen molar-refractivity contribution in [3.05, 3.63) is 47.5 Å². The molecule has 136 valence electrons. The molecule has 2 aliphatic rings. The fourth-order valence-corrected chi connectivity index (χ4v) is 3.87. The molecule has 27 heavy (non-hydrogen) atoms. The van der Waals surface area contributed by atoms with Crippen LogP contribution < -0.4 is 24.3 Å². The van der Waals surface area contributed by atoms with Crippen molar-refractivity contribution < 1.29 is 23.7 Å². The summed E-state index contributed by atoms with van der Waals surface area (Å²) in [6.45, 7) is 0.678. The molecular formula is C21H17NO5. The van der Waals surface area contributed by atoms with Gasteiger partial charge >= 0.3 is 0 Å². The SMILES string of the molecule is COc1ccc2cc3c(c(-c4ccc5c(c4)OCO5)c2c1OC)CNC3=O. The molecule has 0 spiro atoms. The highest BCUT2D eigenvalue weighted by Crippen LogP contribution is 2.46. The van der Waals surface area contributed by atoms with Crippen molar-refractivity contribution >= 4 is 16.7 Å². The zero-order valence-electron chi connectivity index (χ0n) is 14.9. The van der Waals surface area contributed by atoms with E-state index < -0.39 is 0 Å². The molecule has 0 atom stereocenters. The van der Waals surface area contributed by atoms with E-state index >= 15 is 0 Å².